The molecule has 0 saturated carbocycles. The number of hydrogen-bond donors (Lipinski definition) is 4. The second-order valence-electron chi connectivity index (χ2n) is 4.88. The van der Waals surface area contributed by atoms with E-state index in [1.54, 1.807) is 6.92 Å². The molecular weight excluding hydrogens is 272 g/mol. The summed E-state index contributed by atoms with van der Waals surface area (Å²) in [6.07, 6.45) is 1.45. The van der Waals surface area contributed by atoms with E-state index in [1.807, 2.05) is 20.8 Å². The van der Waals surface area contributed by atoms with E-state index in [1.165, 1.54) is 6.20 Å². The molecule has 2 amide bonds. The van der Waals surface area contributed by atoms with E-state index in [-0.39, 0.29) is 17.5 Å². The number of nitrogens with two attached hydrogens (primary N) is 1. The molecule has 1 rings (SSSR count). The second-order valence-corrected chi connectivity index (χ2v) is 4.88. The van der Waals surface area contributed by atoms with Gasteiger partial charge in [0.15, 0.2) is 5.69 Å². The van der Waals surface area contributed by atoms with Crippen LogP contribution in [0.25, 0.3) is 0 Å². The highest BCUT2D eigenvalue weighted by Crippen LogP contribution is 2.15. The first kappa shape index (κ1) is 16.8. The molecule has 1 heterocycles. The van der Waals surface area contributed by atoms with Crippen LogP contribution in [0.5, 0.6) is 0 Å². The van der Waals surface area contributed by atoms with Gasteiger partial charge < -0.3 is 16.1 Å². The lowest BCUT2D eigenvalue weighted by Gasteiger charge is -2.15. The van der Waals surface area contributed by atoms with Crippen molar-refractivity contribution in [3.63, 3.8) is 0 Å². The Kier molecular flexibility index (Phi) is 6.04. The number of nitrogens with one attached hydrogen (secondary N) is 3. The second kappa shape index (κ2) is 7.53. The van der Waals surface area contributed by atoms with Crippen LogP contribution in [-0.2, 0) is 4.79 Å². The summed E-state index contributed by atoms with van der Waals surface area (Å²) in [6.45, 7) is 7.75. The van der Waals surface area contributed by atoms with E-state index in [2.05, 4.69) is 26.0 Å². The molecule has 5 N–H and O–H groups in total. The third kappa shape index (κ3) is 4.38. The molecule has 21 heavy (non-hydrogen) atoms. The minimum absolute atomic E-state index is 0.0733. The molecule has 0 aliphatic heterocycles. The number of hydrazine groups is 1. The lowest BCUT2D eigenvalue weighted by Crippen LogP contribution is -2.45. The molecule has 8 nitrogen and oxygen atoms in total. The number of carbonyl (C=O) groups is 2. The Labute approximate surface area is 123 Å². The Morgan fingerprint density at radius 3 is 2.52 bits per heavy atom. The van der Waals surface area contributed by atoms with Gasteiger partial charge in [-0.25, -0.2) is 9.97 Å². The summed E-state index contributed by atoms with van der Waals surface area (Å²) in [4.78, 5) is 32.2. The van der Waals surface area contributed by atoms with Crippen molar-refractivity contribution in [2.45, 2.75) is 39.7 Å². The van der Waals surface area contributed by atoms with Crippen molar-refractivity contribution in [1.82, 2.24) is 20.6 Å². The molecule has 0 saturated heterocycles. The van der Waals surface area contributed by atoms with Gasteiger partial charge in [-0.2, -0.15) is 0 Å². The molecule has 1 unspecified atom stereocenters. The van der Waals surface area contributed by atoms with Crippen LogP contribution >= 0.6 is 0 Å². The van der Waals surface area contributed by atoms with E-state index in [0.29, 0.717) is 18.1 Å². The largest absolute Gasteiger partial charge is 0.355 e. The van der Waals surface area contributed by atoms with Crippen LogP contribution in [0.1, 0.15) is 49.9 Å². The first-order valence-electron chi connectivity index (χ1n) is 6.82. The molecule has 1 aromatic heterocycles. The monoisotopic (exact) mass is 294 g/mol. The van der Waals surface area contributed by atoms with E-state index >= 15 is 0 Å². The number of anilines is 1. The summed E-state index contributed by atoms with van der Waals surface area (Å²) in [5, 5.41) is 5.22. The van der Waals surface area contributed by atoms with Crippen molar-refractivity contribution in [2.75, 3.05) is 12.0 Å². The molecule has 8 heteroatoms. The molecule has 0 bridgehead atoms. The van der Waals surface area contributed by atoms with Gasteiger partial charge in [0, 0.05) is 12.5 Å². The lowest BCUT2D eigenvalue weighted by atomic mass is 10.2. The van der Waals surface area contributed by atoms with Gasteiger partial charge in [-0.05, 0) is 13.8 Å². The quantitative estimate of drug-likeness (QED) is 0.437. The zero-order chi connectivity index (χ0) is 16.0. The molecule has 1 atom stereocenters. The number of carbonyl (C=O) groups excluding carboxylic acids is 2. The molecule has 116 valence electrons. The molecule has 0 aliphatic carbocycles. The normalized spacial score (nSPS) is 11.9. The van der Waals surface area contributed by atoms with E-state index in [4.69, 9.17) is 5.84 Å². The fraction of sp³-hybridized carbons (Fsp3) is 0.538. The van der Waals surface area contributed by atoms with Gasteiger partial charge in [-0.15, -0.1) is 0 Å². The van der Waals surface area contributed by atoms with Crippen molar-refractivity contribution in [3.05, 3.63) is 17.7 Å². The van der Waals surface area contributed by atoms with Gasteiger partial charge >= 0.3 is 0 Å². The highest BCUT2D eigenvalue weighted by atomic mass is 16.2. The van der Waals surface area contributed by atoms with Gasteiger partial charge in [-0.3, -0.25) is 15.4 Å². The highest BCUT2D eigenvalue weighted by molar-refractivity contribution is 5.99. The van der Waals surface area contributed by atoms with Gasteiger partial charge in [0.2, 0.25) is 5.91 Å². The number of nitrogens with zero attached hydrogens (tertiary/aromatic N) is 2. The molecule has 0 fully saturated rings. The summed E-state index contributed by atoms with van der Waals surface area (Å²) in [5.74, 6) is 5.23. The molecular formula is C13H22N6O2. The van der Waals surface area contributed by atoms with Crippen molar-refractivity contribution in [1.29, 1.82) is 0 Å². The smallest absolute Gasteiger partial charge is 0.272 e. The Balaban J connectivity index is 2.95. The number of likely N-dealkylation sites (N-methyl/N-ethyl adjacent to an activating group) is 1. The topological polar surface area (TPSA) is 122 Å². The third-order valence-electron chi connectivity index (χ3n) is 2.79. The van der Waals surface area contributed by atoms with Crippen LogP contribution in [0.4, 0.5) is 5.69 Å². The molecule has 0 aliphatic rings. The Bertz CT molecular complexity index is 517. The fourth-order valence-electron chi connectivity index (χ4n) is 1.61. The predicted molar refractivity (Wildman–Crippen MR) is 79.5 cm³/mol. The van der Waals surface area contributed by atoms with Crippen LogP contribution in [0, 0.1) is 0 Å². The minimum atomic E-state index is -0.666. The fourth-order valence-corrected chi connectivity index (χ4v) is 1.61. The van der Waals surface area contributed by atoms with Gasteiger partial charge in [0.1, 0.15) is 11.9 Å². The molecule has 1 aromatic rings. The van der Waals surface area contributed by atoms with Crippen LogP contribution in [-0.4, -0.2) is 34.4 Å². The van der Waals surface area contributed by atoms with Gasteiger partial charge in [0.05, 0.1) is 11.9 Å². The number of rotatable bonds is 6. The molecule has 0 aromatic carbocycles. The van der Waals surface area contributed by atoms with Crippen LogP contribution in [0.2, 0.25) is 0 Å². The van der Waals surface area contributed by atoms with Crippen molar-refractivity contribution in [3.8, 4) is 0 Å². The highest BCUT2D eigenvalue weighted by Gasteiger charge is 2.20. The average molecular weight is 294 g/mol. The average Bonchev–Trinajstić information content (AvgIpc) is 2.46. The summed E-state index contributed by atoms with van der Waals surface area (Å²) in [6, 6.07) is -0.666. The maximum atomic E-state index is 12.2. The maximum absolute atomic E-state index is 12.2. The SMILES string of the molecule is CCNC(=O)C(C)NC(=O)c1nc(C(C)C)ncc1NN. The lowest BCUT2D eigenvalue weighted by molar-refractivity contribution is -0.122. The Morgan fingerprint density at radius 1 is 1.33 bits per heavy atom. The van der Waals surface area contributed by atoms with E-state index in [0.717, 1.165) is 0 Å². The number of nitrogen functional groups attached to an aromatic ring is 1. The number of amides is 2. The molecule has 0 spiro atoms. The third-order valence-corrected chi connectivity index (χ3v) is 2.79. The number of aromatic nitrogens is 2. The van der Waals surface area contributed by atoms with Crippen LogP contribution in [0.15, 0.2) is 6.20 Å². The Morgan fingerprint density at radius 2 is 2.00 bits per heavy atom. The summed E-state index contributed by atoms with van der Waals surface area (Å²) in [7, 11) is 0. The van der Waals surface area contributed by atoms with Crippen LogP contribution in [0.3, 0.4) is 0 Å². The summed E-state index contributed by atoms with van der Waals surface area (Å²) < 4.78 is 0. The standard InChI is InChI=1S/C13H22N6O2/c1-5-15-12(20)8(4)17-13(21)10-9(19-14)6-16-11(18-10)7(2)3/h6-8,19H,5,14H2,1-4H3,(H,15,20)(H,17,21). The summed E-state index contributed by atoms with van der Waals surface area (Å²) in [5.41, 5.74) is 2.81. The van der Waals surface area contributed by atoms with E-state index < -0.39 is 11.9 Å². The van der Waals surface area contributed by atoms with Crippen molar-refractivity contribution < 1.29 is 9.59 Å². The van der Waals surface area contributed by atoms with Crippen molar-refractivity contribution >= 4 is 17.5 Å². The zero-order valence-electron chi connectivity index (χ0n) is 12.7. The maximum Gasteiger partial charge on any atom is 0.272 e. The molecule has 0 radical (unpaired) electrons. The first-order chi connectivity index (χ1) is 9.90. The van der Waals surface area contributed by atoms with E-state index in [9.17, 15) is 9.59 Å². The minimum Gasteiger partial charge on any atom is -0.355 e. The van der Waals surface area contributed by atoms with Gasteiger partial charge in [0.25, 0.3) is 5.91 Å². The summed E-state index contributed by atoms with van der Waals surface area (Å²) >= 11 is 0. The zero-order valence-corrected chi connectivity index (χ0v) is 12.7. The van der Waals surface area contributed by atoms with Gasteiger partial charge in [-0.1, -0.05) is 13.8 Å². The first-order valence-corrected chi connectivity index (χ1v) is 6.82. The van der Waals surface area contributed by atoms with Crippen molar-refractivity contribution in [2.24, 2.45) is 5.84 Å². The Hall–Kier alpha value is -2.22. The van der Waals surface area contributed by atoms with Crippen LogP contribution < -0.4 is 21.9 Å². The number of hydrogen-bond acceptors (Lipinski definition) is 6. The predicted octanol–water partition coefficient (Wildman–Crippen LogP) is 0.140.